The van der Waals surface area contributed by atoms with Crippen LogP contribution in [0, 0.1) is 6.92 Å². The van der Waals surface area contributed by atoms with E-state index in [1.54, 1.807) is 0 Å². The minimum atomic E-state index is -0.301. The molecule has 1 saturated heterocycles. The van der Waals surface area contributed by atoms with Gasteiger partial charge in [0.1, 0.15) is 12.4 Å². The van der Waals surface area contributed by atoms with E-state index in [1.165, 1.54) is 0 Å². The molecule has 1 atom stereocenters. The van der Waals surface area contributed by atoms with E-state index in [4.69, 9.17) is 9.72 Å². The molecule has 0 radical (unpaired) electrons. The lowest BCUT2D eigenvalue weighted by atomic mass is 10.1. The summed E-state index contributed by atoms with van der Waals surface area (Å²) in [6.45, 7) is 6.31. The van der Waals surface area contributed by atoms with Crippen molar-refractivity contribution >= 4 is 28.6 Å². The van der Waals surface area contributed by atoms with E-state index in [2.05, 4.69) is 0 Å². The number of aryl methyl sites for hydroxylation is 1. The number of carbonyl (C=O) groups is 2. The maximum absolute atomic E-state index is 12.8. The van der Waals surface area contributed by atoms with Crippen molar-refractivity contribution in [1.29, 1.82) is 0 Å². The Morgan fingerprint density at radius 3 is 2.66 bits per heavy atom. The lowest BCUT2D eigenvalue weighted by molar-refractivity contribution is -0.148. The standard InChI is InChI=1S/C23H25N3O3/c1-15(2)29-22(28)14-26-20-11-7-5-9-18(20)24-23(26)17-12-21(27)25(13-17)19-10-6-4-8-16(19)3/h4-11,15,17H,12-14H2,1-3H3/t17-/m1/s1. The summed E-state index contributed by atoms with van der Waals surface area (Å²) < 4.78 is 7.25. The Bertz CT molecular complexity index is 1070. The number of anilines is 1. The first kappa shape index (κ1) is 19.2. The maximum Gasteiger partial charge on any atom is 0.326 e. The number of fused-ring (bicyclic) bond motifs is 1. The number of aromatic nitrogens is 2. The summed E-state index contributed by atoms with van der Waals surface area (Å²) in [6, 6.07) is 15.6. The van der Waals surface area contributed by atoms with Crippen LogP contribution in [-0.2, 0) is 20.9 Å². The molecule has 1 aromatic heterocycles. The molecule has 1 aliphatic rings. The third kappa shape index (κ3) is 3.75. The van der Waals surface area contributed by atoms with Gasteiger partial charge >= 0.3 is 5.97 Å². The summed E-state index contributed by atoms with van der Waals surface area (Å²) in [4.78, 5) is 31.8. The van der Waals surface area contributed by atoms with Crippen molar-refractivity contribution in [3.05, 3.63) is 59.9 Å². The Morgan fingerprint density at radius 1 is 1.17 bits per heavy atom. The Kier molecular flexibility index (Phi) is 5.09. The molecule has 6 heteroatoms. The first-order valence-electron chi connectivity index (χ1n) is 9.94. The molecule has 0 bridgehead atoms. The minimum absolute atomic E-state index is 0.0765. The Labute approximate surface area is 170 Å². The summed E-state index contributed by atoms with van der Waals surface area (Å²) in [5, 5.41) is 0. The van der Waals surface area contributed by atoms with E-state index >= 15 is 0 Å². The molecule has 1 amide bonds. The van der Waals surface area contributed by atoms with Gasteiger partial charge in [-0.3, -0.25) is 9.59 Å². The molecule has 0 aliphatic carbocycles. The molecule has 1 aliphatic heterocycles. The van der Waals surface area contributed by atoms with Crippen LogP contribution in [0.1, 0.15) is 37.6 Å². The second-order valence-corrected chi connectivity index (χ2v) is 7.78. The lowest BCUT2D eigenvalue weighted by Gasteiger charge is -2.19. The van der Waals surface area contributed by atoms with Crippen LogP contribution in [0.3, 0.4) is 0 Å². The van der Waals surface area contributed by atoms with Gasteiger partial charge in [-0.05, 0) is 44.5 Å². The zero-order valence-corrected chi connectivity index (χ0v) is 17.0. The van der Waals surface area contributed by atoms with Crippen LogP contribution < -0.4 is 4.90 Å². The van der Waals surface area contributed by atoms with E-state index in [1.807, 2.05) is 78.8 Å². The predicted molar refractivity (Wildman–Crippen MR) is 112 cm³/mol. The summed E-state index contributed by atoms with van der Waals surface area (Å²) in [6.07, 6.45) is 0.196. The number of hydrogen-bond donors (Lipinski definition) is 0. The normalized spacial score (nSPS) is 16.8. The largest absolute Gasteiger partial charge is 0.462 e. The molecule has 6 nitrogen and oxygen atoms in total. The first-order chi connectivity index (χ1) is 13.9. The Hall–Kier alpha value is -3.15. The van der Waals surface area contributed by atoms with Gasteiger partial charge in [-0.15, -0.1) is 0 Å². The van der Waals surface area contributed by atoms with E-state index in [-0.39, 0.29) is 30.4 Å². The molecule has 4 rings (SSSR count). The second-order valence-electron chi connectivity index (χ2n) is 7.78. The highest BCUT2D eigenvalue weighted by Crippen LogP contribution is 2.34. The topological polar surface area (TPSA) is 64.4 Å². The fourth-order valence-corrected chi connectivity index (χ4v) is 3.98. The highest BCUT2D eigenvalue weighted by molar-refractivity contribution is 5.97. The van der Waals surface area contributed by atoms with Crippen molar-refractivity contribution in [2.45, 2.75) is 45.8 Å². The molecule has 2 aromatic carbocycles. The van der Waals surface area contributed by atoms with Crippen LogP contribution in [0.25, 0.3) is 11.0 Å². The van der Waals surface area contributed by atoms with Gasteiger partial charge < -0.3 is 14.2 Å². The highest BCUT2D eigenvalue weighted by Gasteiger charge is 2.35. The Morgan fingerprint density at radius 2 is 1.90 bits per heavy atom. The minimum Gasteiger partial charge on any atom is -0.462 e. The van der Waals surface area contributed by atoms with Crippen molar-refractivity contribution in [3.63, 3.8) is 0 Å². The number of ether oxygens (including phenoxy) is 1. The summed E-state index contributed by atoms with van der Waals surface area (Å²) in [7, 11) is 0. The lowest BCUT2D eigenvalue weighted by Crippen LogP contribution is -2.25. The van der Waals surface area contributed by atoms with Gasteiger partial charge in [0.2, 0.25) is 5.91 Å². The number of hydrogen-bond acceptors (Lipinski definition) is 4. The van der Waals surface area contributed by atoms with Crippen LogP contribution in [0.15, 0.2) is 48.5 Å². The number of para-hydroxylation sites is 3. The molecule has 29 heavy (non-hydrogen) atoms. The molecule has 0 saturated carbocycles. The summed E-state index contributed by atoms with van der Waals surface area (Å²) in [5.41, 5.74) is 3.70. The van der Waals surface area contributed by atoms with Gasteiger partial charge in [-0.2, -0.15) is 0 Å². The molecule has 150 valence electrons. The number of amides is 1. The van der Waals surface area contributed by atoms with E-state index in [0.717, 1.165) is 28.1 Å². The van der Waals surface area contributed by atoms with Crippen molar-refractivity contribution in [3.8, 4) is 0 Å². The first-order valence-corrected chi connectivity index (χ1v) is 9.94. The number of imidazole rings is 1. The summed E-state index contributed by atoms with van der Waals surface area (Å²) in [5.74, 6) is 0.454. The van der Waals surface area contributed by atoms with E-state index in [9.17, 15) is 9.59 Å². The Balaban J connectivity index is 1.69. The fraction of sp³-hybridized carbons (Fsp3) is 0.348. The highest BCUT2D eigenvalue weighted by atomic mass is 16.5. The van der Waals surface area contributed by atoms with Crippen molar-refractivity contribution in [2.75, 3.05) is 11.4 Å². The van der Waals surface area contributed by atoms with Crippen LogP contribution in [0.2, 0.25) is 0 Å². The number of carbonyl (C=O) groups excluding carboxylic acids is 2. The van der Waals surface area contributed by atoms with Gasteiger partial charge in [0.05, 0.1) is 17.1 Å². The number of benzene rings is 2. The number of nitrogens with zero attached hydrogens (tertiary/aromatic N) is 3. The number of esters is 1. The third-order valence-corrected chi connectivity index (χ3v) is 5.23. The van der Waals surface area contributed by atoms with Crippen molar-refractivity contribution < 1.29 is 14.3 Å². The molecular weight excluding hydrogens is 366 g/mol. The smallest absolute Gasteiger partial charge is 0.326 e. The monoisotopic (exact) mass is 391 g/mol. The maximum atomic E-state index is 12.8. The van der Waals surface area contributed by atoms with Gasteiger partial charge in [-0.1, -0.05) is 30.3 Å². The molecule has 0 unspecified atom stereocenters. The van der Waals surface area contributed by atoms with Crippen LogP contribution >= 0.6 is 0 Å². The quantitative estimate of drug-likeness (QED) is 0.620. The number of rotatable bonds is 5. The second kappa shape index (κ2) is 7.70. The summed E-state index contributed by atoms with van der Waals surface area (Å²) >= 11 is 0. The zero-order valence-electron chi connectivity index (χ0n) is 17.0. The van der Waals surface area contributed by atoms with Crippen LogP contribution in [0.4, 0.5) is 5.69 Å². The van der Waals surface area contributed by atoms with Gasteiger partial charge in [0, 0.05) is 24.6 Å². The molecule has 1 fully saturated rings. The van der Waals surface area contributed by atoms with E-state index in [0.29, 0.717) is 13.0 Å². The average Bonchev–Trinajstić information content (AvgIpc) is 3.22. The SMILES string of the molecule is Cc1ccccc1N1C[C@H](c2nc3ccccc3n2CC(=O)OC(C)C)CC1=O. The zero-order chi connectivity index (χ0) is 20.5. The molecule has 2 heterocycles. The molecule has 0 spiro atoms. The van der Waals surface area contributed by atoms with E-state index < -0.39 is 0 Å². The molecule has 0 N–H and O–H groups in total. The molecule has 3 aromatic rings. The predicted octanol–water partition coefficient (Wildman–Crippen LogP) is 3.82. The van der Waals surface area contributed by atoms with Crippen LogP contribution in [0.5, 0.6) is 0 Å². The van der Waals surface area contributed by atoms with Gasteiger partial charge in [-0.25, -0.2) is 4.98 Å². The average molecular weight is 391 g/mol. The van der Waals surface area contributed by atoms with Gasteiger partial charge in [0.15, 0.2) is 0 Å². The third-order valence-electron chi connectivity index (χ3n) is 5.23. The van der Waals surface area contributed by atoms with Crippen molar-refractivity contribution in [1.82, 2.24) is 9.55 Å². The molecular formula is C23H25N3O3. The fourth-order valence-electron chi connectivity index (χ4n) is 3.98. The van der Waals surface area contributed by atoms with Gasteiger partial charge in [0.25, 0.3) is 0 Å². The van der Waals surface area contributed by atoms with Crippen molar-refractivity contribution in [2.24, 2.45) is 0 Å². The van der Waals surface area contributed by atoms with Crippen LogP contribution in [-0.4, -0.2) is 34.1 Å².